The van der Waals surface area contributed by atoms with Gasteiger partial charge in [0.1, 0.15) is 11.9 Å². The lowest BCUT2D eigenvalue weighted by molar-refractivity contribution is -0.137. The Labute approximate surface area is 163 Å². The van der Waals surface area contributed by atoms with Crippen LogP contribution in [0.3, 0.4) is 0 Å². The Balaban J connectivity index is 1.69. The molecule has 1 atom stereocenters. The first-order valence-corrected chi connectivity index (χ1v) is 8.80. The van der Waals surface area contributed by atoms with Crippen molar-refractivity contribution in [1.29, 1.82) is 0 Å². The molecule has 2 aromatic rings. The summed E-state index contributed by atoms with van der Waals surface area (Å²) in [6, 6.07) is 8.39. The summed E-state index contributed by atoms with van der Waals surface area (Å²) >= 11 is 5.99. The van der Waals surface area contributed by atoms with Crippen molar-refractivity contribution in [2.24, 2.45) is 0 Å². The van der Waals surface area contributed by atoms with Gasteiger partial charge in [0.15, 0.2) is 0 Å². The molecule has 1 aromatic heterocycles. The predicted molar refractivity (Wildman–Crippen MR) is 96.7 cm³/mol. The molecule has 0 unspecified atom stereocenters. The second kappa shape index (κ2) is 8.05. The minimum absolute atomic E-state index is 0.0988. The molecule has 2 heterocycles. The zero-order valence-electron chi connectivity index (χ0n) is 14.5. The summed E-state index contributed by atoms with van der Waals surface area (Å²) in [6.45, 7) is 0.406. The highest BCUT2D eigenvalue weighted by Gasteiger charge is 2.35. The van der Waals surface area contributed by atoms with Gasteiger partial charge in [0.05, 0.1) is 10.6 Å². The van der Waals surface area contributed by atoms with Crippen molar-refractivity contribution < 1.29 is 22.8 Å². The fraction of sp³-hybridized carbons (Fsp3) is 0.278. The molecule has 1 fully saturated rings. The van der Waals surface area contributed by atoms with Crippen molar-refractivity contribution in [2.75, 3.05) is 11.4 Å². The first-order valence-electron chi connectivity index (χ1n) is 8.42. The minimum atomic E-state index is -4.56. The molecule has 2 N–H and O–H groups in total. The first kappa shape index (κ1) is 19.9. The van der Waals surface area contributed by atoms with Crippen LogP contribution in [0.4, 0.5) is 19.0 Å². The SMILES string of the molecule is O=C(NNC(=O)[C@@H]1CCCN1c1ncc(C(F)(F)F)cc1Cl)c1ccccc1. The van der Waals surface area contributed by atoms with E-state index in [1.807, 2.05) is 0 Å². The largest absolute Gasteiger partial charge is 0.417 e. The molecule has 10 heteroatoms. The maximum absolute atomic E-state index is 12.8. The van der Waals surface area contributed by atoms with Gasteiger partial charge in [-0.15, -0.1) is 0 Å². The molecule has 28 heavy (non-hydrogen) atoms. The molecule has 0 saturated carbocycles. The third-order valence-electron chi connectivity index (χ3n) is 4.31. The van der Waals surface area contributed by atoms with E-state index in [1.54, 1.807) is 30.3 Å². The van der Waals surface area contributed by atoms with Gasteiger partial charge in [-0.25, -0.2) is 4.98 Å². The van der Waals surface area contributed by atoms with Crippen LogP contribution >= 0.6 is 11.6 Å². The van der Waals surface area contributed by atoms with E-state index in [4.69, 9.17) is 11.6 Å². The van der Waals surface area contributed by atoms with Crippen LogP contribution in [0.2, 0.25) is 5.02 Å². The number of nitrogens with zero attached hydrogens (tertiary/aromatic N) is 2. The van der Waals surface area contributed by atoms with Crippen LogP contribution in [0.25, 0.3) is 0 Å². The van der Waals surface area contributed by atoms with Crippen LogP contribution in [0.15, 0.2) is 42.6 Å². The van der Waals surface area contributed by atoms with E-state index >= 15 is 0 Å². The fourth-order valence-corrected chi connectivity index (χ4v) is 3.23. The number of halogens is 4. The van der Waals surface area contributed by atoms with Gasteiger partial charge in [0.2, 0.25) is 0 Å². The van der Waals surface area contributed by atoms with Crippen molar-refractivity contribution in [2.45, 2.75) is 25.1 Å². The number of anilines is 1. The lowest BCUT2D eigenvalue weighted by atomic mass is 10.2. The summed E-state index contributed by atoms with van der Waals surface area (Å²) in [7, 11) is 0. The second-order valence-electron chi connectivity index (χ2n) is 6.19. The number of aromatic nitrogens is 1. The van der Waals surface area contributed by atoms with Gasteiger partial charge in [-0.3, -0.25) is 20.4 Å². The van der Waals surface area contributed by atoms with Crippen LogP contribution in [0.5, 0.6) is 0 Å². The van der Waals surface area contributed by atoms with Crippen molar-refractivity contribution in [3.63, 3.8) is 0 Å². The number of carbonyl (C=O) groups is 2. The van der Waals surface area contributed by atoms with E-state index in [0.29, 0.717) is 31.1 Å². The Morgan fingerprint density at radius 3 is 2.54 bits per heavy atom. The normalized spacial score (nSPS) is 16.7. The van der Waals surface area contributed by atoms with Crippen molar-refractivity contribution in [3.05, 3.63) is 58.7 Å². The number of hydrogen-bond donors (Lipinski definition) is 2. The van der Waals surface area contributed by atoms with Crippen molar-refractivity contribution >= 4 is 29.2 Å². The summed E-state index contributed by atoms with van der Waals surface area (Å²) in [6.07, 6.45) is -2.79. The Bertz CT molecular complexity index is 877. The lowest BCUT2D eigenvalue weighted by Crippen LogP contribution is -2.50. The highest BCUT2D eigenvalue weighted by atomic mass is 35.5. The zero-order chi connectivity index (χ0) is 20.3. The van der Waals surface area contributed by atoms with E-state index in [2.05, 4.69) is 15.8 Å². The van der Waals surface area contributed by atoms with Gasteiger partial charge >= 0.3 is 6.18 Å². The van der Waals surface area contributed by atoms with Gasteiger partial charge < -0.3 is 4.90 Å². The minimum Gasteiger partial charge on any atom is -0.343 e. The zero-order valence-corrected chi connectivity index (χ0v) is 15.2. The monoisotopic (exact) mass is 412 g/mol. The summed E-state index contributed by atoms with van der Waals surface area (Å²) in [4.78, 5) is 29.8. The number of hydrazine groups is 1. The molecule has 1 aliphatic rings. The molecule has 1 saturated heterocycles. The molecular formula is C18H16ClF3N4O2. The smallest absolute Gasteiger partial charge is 0.343 e. The molecule has 6 nitrogen and oxygen atoms in total. The molecule has 0 radical (unpaired) electrons. The van der Waals surface area contributed by atoms with Crippen molar-refractivity contribution in [1.82, 2.24) is 15.8 Å². The Morgan fingerprint density at radius 2 is 1.89 bits per heavy atom. The number of hydrogen-bond acceptors (Lipinski definition) is 4. The van der Waals surface area contributed by atoms with Crippen LogP contribution in [-0.2, 0) is 11.0 Å². The summed E-state index contributed by atoms with van der Waals surface area (Å²) < 4.78 is 38.3. The molecule has 0 aliphatic carbocycles. The average molecular weight is 413 g/mol. The van der Waals surface area contributed by atoms with Gasteiger partial charge in [-0.1, -0.05) is 29.8 Å². The lowest BCUT2D eigenvalue weighted by Gasteiger charge is -2.26. The number of amides is 2. The quantitative estimate of drug-likeness (QED) is 0.759. The summed E-state index contributed by atoms with van der Waals surface area (Å²) in [5, 5.41) is -0.192. The molecule has 1 aromatic carbocycles. The Kier molecular flexibility index (Phi) is 5.73. The number of carbonyl (C=O) groups excluding carboxylic acids is 2. The average Bonchev–Trinajstić information content (AvgIpc) is 3.15. The topological polar surface area (TPSA) is 74.3 Å². The number of rotatable bonds is 3. The molecule has 148 valence electrons. The molecule has 1 aliphatic heterocycles. The highest BCUT2D eigenvalue weighted by Crippen LogP contribution is 2.35. The third-order valence-corrected chi connectivity index (χ3v) is 4.59. The van der Waals surface area contributed by atoms with E-state index < -0.39 is 29.6 Å². The third kappa shape index (κ3) is 4.36. The highest BCUT2D eigenvalue weighted by molar-refractivity contribution is 6.33. The fourth-order valence-electron chi connectivity index (χ4n) is 2.95. The number of benzene rings is 1. The van der Waals surface area contributed by atoms with E-state index in [9.17, 15) is 22.8 Å². The Hall–Kier alpha value is -2.81. The van der Waals surface area contributed by atoms with E-state index in [-0.39, 0.29) is 10.8 Å². The van der Waals surface area contributed by atoms with Crippen LogP contribution in [-0.4, -0.2) is 29.4 Å². The van der Waals surface area contributed by atoms with Crippen molar-refractivity contribution in [3.8, 4) is 0 Å². The van der Waals surface area contributed by atoms with Crippen LogP contribution in [0, 0.1) is 0 Å². The van der Waals surface area contributed by atoms with E-state index in [1.165, 1.54) is 4.90 Å². The molecule has 2 amide bonds. The number of nitrogens with one attached hydrogen (secondary N) is 2. The van der Waals surface area contributed by atoms with Gasteiger partial charge in [-0.2, -0.15) is 13.2 Å². The van der Waals surface area contributed by atoms with Crippen LogP contribution in [0.1, 0.15) is 28.8 Å². The maximum atomic E-state index is 12.8. The molecule has 0 spiro atoms. The molecule has 3 rings (SSSR count). The summed E-state index contributed by atoms with van der Waals surface area (Å²) in [5.74, 6) is -0.884. The predicted octanol–water partition coefficient (Wildman–Crippen LogP) is 3.18. The summed E-state index contributed by atoms with van der Waals surface area (Å²) in [5.41, 5.74) is 4.08. The molecular weight excluding hydrogens is 397 g/mol. The molecule has 0 bridgehead atoms. The van der Waals surface area contributed by atoms with Gasteiger partial charge in [0, 0.05) is 18.3 Å². The Morgan fingerprint density at radius 1 is 1.18 bits per heavy atom. The number of pyridine rings is 1. The van der Waals surface area contributed by atoms with Crippen LogP contribution < -0.4 is 15.8 Å². The number of alkyl halides is 3. The standard InChI is InChI=1S/C18H16ClF3N4O2/c19-13-9-12(18(20,21)22)10-23-15(13)26-8-4-7-14(26)17(28)25-24-16(27)11-5-2-1-3-6-11/h1-3,5-6,9-10,14H,4,7-8H2,(H,24,27)(H,25,28)/t14-/m0/s1. The van der Waals surface area contributed by atoms with E-state index in [0.717, 1.165) is 6.07 Å². The van der Waals surface area contributed by atoms with Gasteiger partial charge in [0.25, 0.3) is 11.8 Å². The van der Waals surface area contributed by atoms with Gasteiger partial charge in [-0.05, 0) is 31.0 Å². The first-order chi connectivity index (χ1) is 13.3. The second-order valence-corrected chi connectivity index (χ2v) is 6.60. The maximum Gasteiger partial charge on any atom is 0.417 e.